The van der Waals surface area contributed by atoms with Crippen LogP contribution >= 0.6 is 0 Å². The number of hydrogen-bond donors (Lipinski definition) is 0. The van der Waals surface area contributed by atoms with Gasteiger partial charge in [0, 0.05) is 23.2 Å². The molecular weight excluding hydrogens is 334 g/mol. The Hall–Kier alpha value is -3.72. The zero-order valence-electron chi connectivity index (χ0n) is 14.4. The van der Waals surface area contributed by atoms with Gasteiger partial charge in [0.2, 0.25) is 0 Å². The lowest BCUT2D eigenvalue weighted by Crippen LogP contribution is -1.93. The third-order valence-electron chi connectivity index (χ3n) is 4.76. The molecule has 5 rings (SSSR count). The number of nitrogens with zero attached hydrogens (tertiary/aromatic N) is 1. The smallest absolute Gasteiger partial charge is 0.336 e. The van der Waals surface area contributed by atoms with Crippen molar-refractivity contribution >= 4 is 44.4 Å². The molecule has 128 valence electrons. The molecule has 0 unspecified atom stereocenters. The van der Waals surface area contributed by atoms with Crippen LogP contribution in [0.25, 0.3) is 32.5 Å². The van der Waals surface area contributed by atoms with Crippen LogP contribution in [0.3, 0.4) is 0 Å². The van der Waals surface area contributed by atoms with Gasteiger partial charge in [-0.2, -0.15) is 0 Å². The molecule has 0 fully saturated rings. The van der Waals surface area contributed by atoms with Gasteiger partial charge in [0.25, 0.3) is 0 Å². The maximum absolute atomic E-state index is 11.3. The number of aliphatic imine (C=N–C) groups is 1. The maximum atomic E-state index is 11.3. The molecule has 0 aliphatic rings. The lowest BCUT2D eigenvalue weighted by atomic mass is 9.97. The zero-order valence-corrected chi connectivity index (χ0v) is 14.4. The van der Waals surface area contributed by atoms with Gasteiger partial charge in [0.05, 0.1) is 5.69 Å². The van der Waals surface area contributed by atoms with Crippen LogP contribution < -0.4 is 5.63 Å². The minimum Gasteiger partial charge on any atom is -0.423 e. The molecule has 27 heavy (non-hydrogen) atoms. The van der Waals surface area contributed by atoms with Gasteiger partial charge in [-0.15, -0.1) is 0 Å². The lowest BCUT2D eigenvalue weighted by molar-refractivity contribution is 0.561. The van der Waals surface area contributed by atoms with Gasteiger partial charge in [-0.05, 0) is 51.9 Å². The summed E-state index contributed by atoms with van der Waals surface area (Å²) in [5.74, 6) is 0. The number of benzene rings is 4. The van der Waals surface area contributed by atoms with Crippen LogP contribution in [0.15, 0.2) is 99.1 Å². The first-order valence-corrected chi connectivity index (χ1v) is 8.76. The van der Waals surface area contributed by atoms with Gasteiger partial charge < -0.3 is 4.42 Å². The van der Waals surface area contributed by atoms with Crippen molar-refractivity contribution in [3.05, 3.63) is 101 Å². The molecule has 0 saturated heterocycles. The summed E-state index contributed by atoms with van der Waals surface area (Å²) in [5.41, 5.74) is 2.13. The largest absolute Gasteiger partial charge is 0.423 e. The Morgan fingerprint density at radius 1 is 0.704 bits per heavy atom. The molecule has 0 atom stereocenters. The zero-order chi connectivity index (χ0) is 18.2. The highest BCUT2D eigenvalue weighted by atomic mass is 16.4. The molecular formula is C24H15NO2. The van der Waals surface area contributed by atoms with E-state index in [9.17, 15) is 4.79 Å². The quantitative estimate of drug-likeness (QED) is 0.228. The molecule has 0 aliphatic heterocycles. The second-order valence-electron chi connectivity index (χ2n) is 6.47. The molecule has 0 aliphatic carbocycles. The molecule has 3 heteroatoms. The van der Waals surface area contributed by atoms with Crippen LogP contribution in [-0.2, 0) is 0 Å². The van der Waals surface area contributed by atoms with Crippen LogP contribution in [0.5, 0.6) is 0 Å². The molecule has 0 spiro atoms. The van der Waals surface area contributed by atoms with Crippen molar-refractivity contribution in [2.75, 3.05) is 0 Å². The molecule has 0 radical (unpaired) electrons. The van der Waals surface area contributed by atoms with Crippen LogP contribution in [0.2, 0.25) is 0 Å². The van der Waals surface area contributed by atoms with Crippen molar-refractivity contribution in [1.29, 1.82) is 0 Å². The van der Waals surface area contributed by atoms with E-state index in [1.165, 1.54) is 27.6 Å². The topological polar surface area (TPSA) is 42.6 Å². The molecule has 0 bridgehead atoms. The van der Waals surface area contributed by atoms with Crippen molar-refractivity contribution in [3.8, 4) is 0 Å². The summed E-state index contributed by atoms with van der Waals surface area (Å²) in [6, 6.07) is 27.6. The highest BCUT2D eigenvalue weighted by Crippen LogP contribution is 2.28. The van der Waals surface area contributed by atoms with E-state index in [2.05, 4.69) is 42.5 Å². The second kappa shape index (κ2) is 6.22. The SMILES string of the molecule is O=c1ccc2cc(/N=C/c3c4ccccc4cc4ccccc34)ccc2o1. The molecule has 1 aromatic heterocycles. The van der Waals surface area contributed by atoms with Crippen LogP contribution in [0.1, 0.15) is 5.56 Å². The van der Waals surface area contributed by atoms with Crippen LogP contribution in [-0.4, -0.2) is 6.21 Å². The van der Waals surface area contributed by atoms with Gasteiger partial charge in [0.1, 0.15) is 5.58 Å². The van der Waals surface area contributed by atoms with E-state index < -0.39 is 0 Å². The first kappa shape index (κ1) is 15.5. The normalized spacial score (nSPS) is 11.7. The van der Waals surface area contributed by atoms with E-state index in [-0.39, 0.29) is 5.63 Å². The third-order valence-corrected chi connectivity index (χ3v) is 4.76. The van der Waals surface area contributed by atoms with E-state index in [4.69, 9.17) is 9.41 Å². The predicted molar refractivity (Wildman–Crippen MR) is 111 cm³/mol. The Morgan fingerprint density at radius 2 is 1.41 bits per heavy atom. The highest BCUT2D eigenvalue weighted by molar-refractivity contribution is 6.13. The third kappa shape index (κ3) is 2.79. The van der Waals surface area contributed by atoms with Crippen molar-refractivity contribution in [2.45, 2.75) is 0 Å². The van der Waals surface area contributed by atoms with E-state index in [1.54, 1.807) is 12.1 Å². The molecule has 4 aromatic carbocycles. The fraction of sp³-hybridized carbons (Fsp3) is 0. The summed E-state index contributed by atoms with van der Waals surface area (Å²) in [7, 11) is 0. The number of fused-ring (bicyclic) bond motifs is 3. The average Bonchev–Trinajstić information content (AvgIpc) is 2.71. The average molecular weight is 349 g/mol. The van der Waals surface area contributed by atoms with E-state index >= 15 is 0 Å². The number of rotatable bonds is 2. The Morgan fingerprint density at radius 3 is 2.15 bits per heavy atom. The van der Waals surface area contributed by atoms with Crippen molar-refractivity contribution in [3.63, 3.8) is 0 Å². The second-order valence-corrected chi connectivity index (χ2v) is 6.47. The first-order chi connectivity index (χ1) is 13.3. The maximum Gasteiger partial charge on any atom is 0.336 e. The minimum absolute atomic E-state index is 0.346. The van der Waals surface area contributed by atoms with Crippen molar-refractivity contribution in [2.24, 2.45) is 4.99 Å². The summed E-state index contributed by atoms with van der Waals surface area (Å²) >= 11 is 0. The van der Waals surface area contributed by atoms with Gasteiger partial charge in [-0.3, -0.25) is 4.99 Å². The lowest BCUT2D eigenvalue weighted by Gasteiger charge is -2.08. The van der Waals surface area contributed by atoms with Crippen molar-refractivity contribution < 1.29 is 4.42 Å². The molecule has 3 nitrogen and oxygen atoms in total. The molecule has 5 aromatic rings. The van der Waals surface area contributed by atoms with E-state index in [0.717, 1.165) is 16.6 Å². The standard InChI is InChI=1S/C24H15NO2/c26-24-12-9-18-14-19(10-11-23(18)27-24)25-15-22-20-7-3-1-5-16(20)13-17-6-2-4-8-21(17)22/h1-15H/b25-15+. The molecule has 1 heterocycles. The monoisotopic (exact) mass is 349 g/mol. The summed E-state index contributed by atoms with van der Waals surface area (Å²) in [6.45, 7) is 0. The summed E-state index contributed by atoms with van der Waals surface area (Å²) < 4.78 is 5.19. The first-order valence-electron chi connectivity index (χ1n) is 8.76. The molecule has 0 N–H and O–H groups in total. The Labute approximate surface area is 155 Å². The Balaban J connectivity index is 1.69. The Kier molecular flexibility index (Phi) is 3.58. The summed E-state index contributed by atoms with van der Waals surface area (Å²) in [6.07, 6.45) is 1.92. The molecule has 0 saturated carbocycles. The fourth-order valence-electron chi connectivity index (χ4n) is 3.47. The Bertz CT molecular complexity index is 1340. The summed E-state index contributed by atoms with van der Waals surface area (Å²) in [5, 5.41) is 5.58. The predicted octanol–water partition coefficient (Wildman–Crippen LogP) is 5.85. The van der Waals surface area contributed by atoms with E-state index in [1.807, 2.05) is 30.5 Å². The molecule has 0 amide bonds. The van der Waals surface area contributed by atoms with Gasteiger partial charge in [-0.25, -0.2) is 4.79 Å². The number of hydrogen-bond acceptors (Lipinski definition) is 3. The summed E-state index contributed by atoms with van der Waals surface area (Å²) in [4.78, 5) is 16.0. The fourth-order valence-corrected chi connectivity index (χ4v) is 3.47. The van der Waals surface area contributed by atoms with Gasteiger partial charge >= 0.3 is 5.63 Å². The van der Waals surface area contributed by atoms with Crippen LogP contribution in [0, 0.1) is 0 Å². The van der Waals surface area contributed by atoms with Crippen LogP contribution in [0.4, 0.5) is 5.69 Å². The van der Waals surface area contributed by atoms with Gasteiger partial charge in [-0.1, -0.05) is 48.5 Å². The van der Waals surface area contributed by atoms with Gasteiger partial charge in [0.15, 0.2) is 0 Å². The minimum atomic E-state index is -0.346. The van der Waals surface area contributed by atoms with E-state index in [0.29, 0.717) is 5.58 Å². The van der Waals surface area contributed by atoms with Crippen molar-refractivity contribution in [1.82, 2.24) is 0 Å². The highest BCUT2D eigenvalue weighted by Gasteiger charge is 2.05.